The molecule has 15 heavy (non-hydrogen) atoms. The highest BCUT2D eigenvalue weighted by molar-refractivity contribution is 6.33. The Morgan fingerprint density at radius 3 is 2.80 bits per heavy atom. The minimum Gasteiger partial charge on any atom is -0.298 e. The number of aldehydes is 1. The molecule has 1 heterocycles. The van der Waals surface area contributed by atoms with E-state index in [1.54, 1.807) is 17.8 Å². The van der Waals surface area contributed by atoms with Crippen molar-refractivity contribution in [3.05, 3.63) is 41.0 Å². The van der Waals surface area contributed by atoms with Gasteiger partial charge in [0.2, 0.25) is 0 Å². The molecule has 0 atom stereocenters. The van der Waals surface area contributed by atoms with Crippen LogP contribution in [0.3, 0.4) is 0 Å². The van der Waals surface area contributed by atoms with Crippen molar-refractivity contribution in [1.29, 1.82) is 0 Å². The molecule has 4 heteroatoms. The topological polar surface area (TPSA) is 34.9 Å². The van der Waals surface area contributed by atoms with Crippen LogP contribution in [-0.4, -0.2) is 16.1 Å². The first-order valence-electron chi connectivity index (χ1n) is 4.46. The van der Waals surface area contributed by atoms with Gasteiger partial charge in [0.25, 0.3) is 0 Å². The molecule has 1 aromatic carbocycles. The molecule has 0 unspecified atom stereocenters. The molecular weight excluding hydrogens is 212 g/mol. The van der Waals surface area contributed by atoms with Gasteiger partial charge in [0, 0.05) is 17.6 Å². The van der Waals surface area contributed by atoms with Gasteiger partial charge in [0.1, 0.15) is 0 Å². The Morgan fingerprint density at radius 2 is 2.13 bits per heavy atom. The second-order valence-electron chi connectivity index (χ2n) is 3.17. The molecule has 0 N–H and O–H groups in total. The highest BCUT2D eigenvalue weighted by Gasteiger charge is 2.12. The van der Waals surface area contributed by atoms with E-state index in [1.807, 2.05) is 18.2 Å². The normalized spacial score (nSPS) is 10.3. The number of nitrogens with zero attached hydrogens (tertiary/aromatic N) is 2. The van der Waals surface area contributed by atoms with E-state index in [-0.39, 0.29) is 0 Å². The number of halogens is 1. The summed E-state index contributed by atoms with van der Waals surface area (Å²) in [5.74, 6) is 0. The summed E-state index contributed by atoms with van der Waals surface area (Å²) in [5.41, 5.74) is 2.11. The zero-order chi connectivity index (χ0) is 10.8. The van der Waals surface area contributed by atoms with E-state index in [1.165, 1.54) is 6.20 Å². The summed E-state index contributed by atoms with van der Waals surface area (Å²) in [4.78, 5) is 10.8. The molecule has 0 amide bonds. The highest BCUT2D eigenvalue weighted by Crippen LogP contribution is 2.28. The smallest absolute Gasteiger partial charge is 0.153 e. The van der Waals surface area contributed by atoms with Crippen LogP contribution < -0.4 is 0 Å². The molecule has 0 spiro atoms. The van der Waals surface area contributed by atoms with Crippen LogP contribution in [0.2, 0.25) is 5.02 Å². The van der Waals surface area contributed by atoms with E-state index in [0.717, 1.165) is 17.5 Å². The fraction of sp³-hybridized carbons (Fsp3) is 0.0909. The van der Waals surface area contributed by atoms with Crippen molar-refractivity contribution in [2.75, 3.05) is 0 Å². The first-order valence-corrected chi connectivity index (χ1v) is 4.84. The summed E-state index contributed by atoms with van der Waals surface area (Å²) >= 11 is 6.06. The van der Waals surface area contributed by atoms with Crippen LogP contribution in [0.25, 0.3) is 11.3 Å². The third kappa shape index (κ3) is 1.66. The Balaban J connectivity index is 2.68. The lowest BCUT2D eigenvalue weighted by Gasteiger charge is -2.05. The van der Waals surface area contributed by atoms with E-state index in [4.69, 9.17) is 11.6 Å². The third-order valence-corrected chi connectivity index (χ3v) is 2.55. The van der Waals surface area contributed by atoms with Crippen LogP contribution >= 0.6 is 11.6 Å². The van der Waals surface area contributed by atoms with Crippen LogP contribution in [0.15, 0.2) is 30.5 Å². The summed E-state index contributed by atoms with van der Waals surface area (Å²) in [6, 6.07) is 7.39. The van der Waals surface area contributed by atoms with E-state index in [0.29, 0.717) is 10.6 Å². The lowest BCUT2D eigenvalue weighted by molar-refractivity contribution is 0.112. The minimum absolute atomic E-state index is 0.547. The highest BCUT2D eigenvalue weighted by atomic mass is 35.5. The van der Waals surface area contributed by atoms with Gasteiger partial charge < -0.3 is 0 Å². The molecule has 0 saturated heterocycles. The largest absolute Gasteiger partial charge is 0.298 e. The Labute approximate surface area is 92.3 Å². The Hall–Kier alpha value is -1.61. The number of hydrogen-bond donors (Lipinski definition) is 0. The van der Waals surface area contributed by atoms with Crippen molar-refractivity contribution in [1.82, 2.24) is 9.78 Å². The van der Waals surface area contributed by atoms with E-state index >= 15 is 0 Å². The van der Waals surface area contributed by atoms with Crippen molar-refractivity contribution < 1.29 is 4.79 Å². The summed E-state index contributed by atoms with van der Waals surface area (Å²) in [6.07, 6.45) is 2.32. The predicted molar refractivity (Wildman–Crippen MR) is 59.0 cm³/mol. The number of benzene rings is 1. The average Bonchev–Trinajstić information content (AvgIpc) is 2.60. The molecule has 0 aliphatic rings. The molecule has 2 rings (SSSR count). The maximum atomic E-state index is 10.8. The number of carbonyl (C=O) groups excluding carboxylic acids is 1. The number of hydrogen-bond acceptors (Lipinski definition) is 2. The van der Waals surface area contributed by atoms with Crippen molar-refractivity contribution in [3.8, 4) is 11.3 Å². The Bertz CT molecular complexity index is 505. The molecular formula is C11H9ClN2O. The quantitative estimate of drug-likeness (QED) is 0.729. The van der Waals surface area contributed by atoms with Gasteiger partial charge in [-0.05, 0) is 6.07 Å². The van der Waals surface area contributed by atoms with Gasteiger partial charge in [0.05, 0.1) is 17.5 Å². The monoisotopic (exact) mass is 220 g/mol. The summed E-state index contributed by atoms with van der Waals surface area (Å²) in [7, 11) is 1.78. The van der Waals surface area contributed by atoms with Gasteiger partial charge in [-0.1, -0.05) is 29.8 Å². The molecule has 0 fully saturated rings. The number of aryl methyl sites for hydroxylation is 1. The van der Waals surface area contributed by atoms with Gasteiger partial charge in [-0.25, -0.2) is 0 Å². The molecule has 3 nitrogen and oxygen atoms in total. The van der Waals surface area contributed by atoms with Gasteiger partial charge in [0.15, 0.2) is 6.29 Å². The zero-order valence-electron chi connectivity index (χ0n) is 8.14. The van der Waals surface area contributed by atoms with Gasteiger partial charge >= 0.3 is 0 Å². The number of carbonyl (C=O) groups is 1. The van der Waals surface area contributed by atoms with Crippen LogP contribution in [0, 0.1) is 0 Å². The first-order chi connectivity index (χ1) is 7.24. The van der Waals surface area contributed by atoms with Crippen molar-refractivity contribution in [2.24, 2.45) is 7.05 Å². The third-order valence-electron chi connectivity index (χ3n) is 2.22. The fourth-order valence-electron chi connectivity index (χ4n) is 1.52. The Kier molecular flexibility index (Phi) is 2.56. The molecule has 76 valence electrons. The Morgan fingerprint density at radius 1 is 1.40 bits per heavy atom. The van der Waals surface area contributed by atoms with Crippen LogP contribution in [0.5, 0.6) is 0 Å². The summed E-state index contributed by atoms with van der Waals surface area (Å²) in [5, 5.41) is 4.65. The van der Waals surface area contributed by atoms with Gasteiger partial charge in [-0.3, -0.25) is 9.48 Å². The van der Waals surface area contributed by atoms with Gasteiger partial charge in [-0.15, -0.1) is 0 Å². The molecule has 0 aliphatic heterocycles. The van der Waals surface area contributed by atoms with Crippen molar-refractivity contribution in [3.63, 3.8) is 0 Å². The molecule has 1 aromatic heterocycles. The number of aromatic nitrogens is 2. The second-order valence-corrected chi connectivity index (χ2v) is 3.58. The molecule has 0 saturated carbocycles. The summed E-state index contributed by atoms with van der Waals surface area (Å²) < 4.78 is 1.64. The lowest BCUT2D eigenvalue weighted by atomic mass is 10.1. The molecule has 0 bridgehead atoms. The average molecular weight is 221 g/mol. The maximum absolute atomic E-state index is 10.8. The first kappa shape index (κ1) is 9.93. The van der Waals surface area contributed by atoms with Crippen LogP contribution in [-0.2, 0) is 7.05 Å². The maximum Gasteiger partial charge on any atom is 0.153 e. The lowest BCUT2D eigenvalue weighted by Crippen LogP contribution is -1.95. The number of rotatable bonds is 2. The SMILES string of the molecule is Cn1ncc(C=O)c1-c1ccccc1Cl. The van der Waals surface area contributed by atoms with E-state index in [2.05, 4.69) is 5.10 Å². The van der Waals surface area contributed by atoms with Crippen molar-refractivity contribution >= 4 is 17.9 Å². The predicted octanol–water partition coefficient (Wildman–Crippen LogP) is 2.55. The van der Waals surface area contributed by atoms with Crippen LogP contribution in [0.4, 0.5) is 0 Å². The molecule has 0 radical (unpaired) electrons. The standard InChI is InChI=1S/C11H9ClN2O/c1-14-11(8(7-15)6-13-14)9-4-2-3-5-10(9)12/h2-7H,1H3. The van der Waals surface area contributed by atoms with Gasteiger partial charge in [-0.2, -0.15) is 5.10 Å². The summed E-state index contributed by atoms with van der Waals surface area (Å²) in [6.45, 7) is 0. The minimum atomic E-state index is 0.547. The van der Waals surface area contributed by atoms with Crippen LogP contribution in [0.1, 0.15) is 10.4 Å². The van der Waals surface area contributed by atoms with E-state index < -0.39 is 0 Å². The zero-order valence-corrected chi connectivity index (χ0v) is 8.90. The van der Waals surface area contributed by atoms with Crippen molar-refractivity contribution in [2.45, 2.75) is 0 Å². The van der Waals surface area contributed by atoms with E-state index in [9.17, 15) is 4.79 Å². The molecule has 0 aliphatic carbocycles. The fourth-order valence-corrected chi connectivity index (χ4v) is 1.75. The molecule has 2 aromatic rings. The second kappa shape index (κ2) is 3.87.